The Hall–Kier alpha value is 0.950. The van der Waals surface area contributed by atoms with E-state index >= 15 is 0 Å². The Balaban J connectivity index is 0.00000288. The van der Waals surface area contributed by atoms with E-state index in [0.29, 0.717) is 11.8 Å². The summed E-state index contributed by atoms with van der Waals surface area (Å²) in [7, 11) is 0. The normalized spacial score (nSPS) is 49.5. The fraction of sp³-hybridized carbons (Fsp3) is 1.00. The first kappa shape index (κ1) is 23.0. The molecule has 2 heterocycles. The Morgan fingerprint density at radius 2 is 0.917 bits per heavy atom. The average Bonchev–Trinajstić information content (AvgIpc) is 2.55. The molecule has 0 aromatic carbocycles. The first-order valence-electron chi connectivity index (χ1n) is 7.08. The monoisotopic (exact) mass is 381 g/mol. The summed E-state index contributed by atoms with van der Waals surface area (Å²) in [5, 5.41) is 77.0. The maximum atomic E-state index is 9.94. The van der Waals surface area contributed by atoms with E-state index in [1.807, 2.05) is 0 Å². The number of hydrogen-bond donors (Lipinski definition) is 8. The number of thioether (sulfide) groups is 1. The summed E-state index contributed by atoms with van der Waals surface area (Å²) >= 11 is 0.699. The van der Waals surface area contributed by atoms with Gasteiger partial charge in [0.1, 0.15) is 59.7 Å². The maximum Gasteiger partial charge on any atom is 1.00 e. The average molecular weight is 381 g/mol. The van der Waals surface area contributed by atoms with E-state index in [-0.39, 0.29) is 29.6 Å². The van der Waals surface area contributed by atoms with Crippen molar-refractivity contribution in [3.05, 3.63) is 0 Å². The summed E-state index contributed by atoms with van der Waals surface area (Å²) in [6.45, 7) is -1.20. The van der Waals surface area contributed by atoms with Crippen molar-refractivity contribution in [3.8, 4) is 0 Å². The molecule has 10 nitrogen and oxygen atoms in total. The summed E-state index contributed by atoms with van der Waals surface area (Å²) in [5.41, 5.74) is -2.35. The third-order valence-electron chi connectivity index (χ3n) is 3.97. The second-order valence-corrected chi connectivity index (χ2v) is 6.73. The fourth-order valence-corrected chi connectivity index (χ4v) is 3.81. The molecule has 10 atom stereocenters. The van der Waals surface area contributed by atoms with Crippen LogP contribution in [0, 0.1) is 0 Å². The molecule has 2 unspecified atom stereocenters. The van der Waals surface area contributed by atoms with Crippen LogP contribution in [0.3, 0.4) is 0 Å². The van der Waals surface area contributed by atoms with Crippen molar-refractivity contribution in [3.63, 3.8) is 0 Å². The van der Waals surface area contributed by atoms with Crippen molar-refractivity contribution in [2.24, 2.45) is 0 Å². The van der Waals surface area contributed by atoms with E-state index in [2.05, 4.69) is 0 Å². The topological polar surface area (TPSA) is 180 Å². The van der Waals surface area contributed by atoms with Gasteiger partial charge in [-0.3, -0.25) is 0 Å². The number of ether oxygens (including phenoxy) is 2. The SMILES string of the molecule is OC[C@H]1OC(SC2O[C@H](CO)[C@@H](O)[C@H](O)[C@H]2O)[C@H](O)[C@@H](O)[C@@H]1O.[Na+]. The zero-order chi connectivity index (χ0) is 17.3. The number of aliphatic hydroxyl groups excluding tert-OH is 8. The summed E-state index contributed by atoms with van der Waals surface area (Å²) in [4.78, 5) is 0. The quantitative estimate of drug-likeness (QED) is 0.217. The molecule has 0 saturated carbocycles. The fourth-order valence-electron chi connectivity index (χ4n) is 2.49. The summed E-state index contributed by atoms with van der Waals surface area (Å²) in [6.07, 6.45) is -11.5. The Morgan fingerprint density at radius 3 is 1.21 bits per heavy atom. The van der Waals surface area contributed by atoms with Crippen molar-refractivity contribution in [2.75, 3.05) is 13.2 Å². The van der Waals surface area contributed by atoms with E-state index in [4.69, 9.17) is 19.7 Å². The molecule has 24 heavy (non-hydrogen) atoms. The van der Waals surface area contributed by atoms with Gasteiger partial charge in [0, 0.05) is 0 Å². The van der Waals surface area contributed by atoms with E-state index in [1.54, 1.807) is 0 Å². The van der Waals surface area contributed by atoms with E-state index in [1.165, 1.54) is 0 Å². The Morgan fingerprint density at radius 1 is 0.583 bits per heavy atom. The molecule has 2 aliphatic rings. The maximum absolute atomic E-state index is 9.94. The first-order chi connectivity index (χ1) is 10.8. The molecule has 0 spiro atoms. The Kier molecular flexibility index (Phi) is 9.35. The van der Waals surface area contributed by atoms with Gasteiger partial charge in [0.25, 0.3) is 0 Å². The zero-order valence-electron chi connectivity index (χ0n) is 13.0. The third kappa shape index (κ3) is 4.61. The van der Waals surface area contributed by atoms with Crippen molar-refractivity contribution in [1.29, 1.82) is 0 Å². The molecule has 2 rings (SSSR count). The molecule has 0 radical (unpaired) electrons. The smallest absolute Gasteiger partial charge is 0.394 e. The van der Waals surface area contributed by atoms with Crippen LogP contribution in [0.15, 0.2) is 0 Å². The molecule has 8 N–H and O–H groups in total. The van der Waals surface area contributed by atoms with Gasteiger partial charge >= 0.3 is 29.6 Å². The predicted molar refractivity (Wildman–Crippen MR) is 75.1 cm³/mol. The third-order valence-corrected chi connectivity index (χ3v) is 5.28. The van der Waals surface area contributed by atoms with Gasteiger partial charge in [-0.25, -0.2) is 0 Å². The molecule has 136 valence electrons. The minimum absolute atomic E-state index is 0. The van der Waals surface area contributed by atoms with Gasteiger partial charge in [-0.05, 0) is 0 Å². The summed E-state index contributed by atoms with van der Waals surface area (Å²) in [5.74, 6) is 0. The van der Waals surface area contributed by atoms with E-state index in [0.717, 1.165) is 0 Å². The minimum Gasteiger partial charge on any atom is -0.394 e. The van der Waals surface area contributed by atoms with Crippen LogP contribution in [0.4, 0.5) is 0 Å². The Bertz CT molecular complexity index is 355. The van der Waals surface area contributed by atoms with Gasteiger partial charge in [-0.2, -0.15) is 0 Å². The molecule has 0 aromatic rings. The predicted octanol–water partition coefficient (Wildman–Crippen LogP) is -7.68. The van der Waals surface area contributed by atoms with E-state index in [9.17, 15) is 30.6 Å². The van der Waals surface area contributed by atoms with Crippen molar-refractivity contribution in [1.82, 2.24) is 0 Å². The van der Waals surface area contributed by atoms with Gasteiger partial charge in [-0.15, -0.1) is 0 Å². The molecular formula is C12H22NaO10S+. The Labute approximate surface area is 164 Å². The molecule has 0 aromatic heterocycles. The second kappa shape index (κ2) is 9.76. The molecule has 0 aliphatic carbocycles. The van der Waals surface area contributed by atoms with E-state index < -0.39 is 72.9 Å². The van der Waals surface area contributed by atoms with Crippen LogP contribution < -0.4 is 29.6 Å². The van der Waals surface area contributed by atoms with Gasteiger partial charge < -0.3 is 50.3 Å². The van der Waals surface area contributed by atoms with Crippen LogP contribution in [-0.2, 0) is 9.47 Å². The van der Waals surface area contributed by atoms with Crippen LogP contribution in [0.25, 0.3) is 0 Å². The van der Waals surface area contributed by atoms with Crippen LogP contribution in [0.1, 0.15) is 0 Å². The molecular weight excluding hydrogens is 359 g/mol. The van der Waals surface area contributed by atoms with Gasteiger partial charge in [0.05, 0.1) is 13.2 Å². The van der Waals surface area contributed by atoms with Crippen molar-refractivity contribution >= 4 is 11.8 Å². The molecule has 2 aliphatic heterocycles. The molecule has 2 fully saturated rings. The van der Waals surface area contributed by atoms with Crippen LogP contribution in [0.5, 0.6) is 0 Å². The van der Waals surface area contributed by atoms with Gasteiger partial charge in [-0.1, -0.05) is 11.8 Å². The van der Waals surface area contributed by atoms with Crippen molar-refractivity contribution < 1.29 is 79.9 Å². The van der Waals surface area contributed by atoms with Crippen LogP contribution in [-0.4, -0.2) is 114 Å². The first-order valence-corrected chi connectivity index (χ1v) is 8.02. The number of hydrogen-bond acceptors (Lipinski definition) is 11. The number of rotatable bonds is 4. The molecule has 2 saturated heterocycles. The van der Waals surface area contributed by atoms with Crippen molar-refractivity contribution in [2.45, 2.75) is 59.7 Å². The second-order valence-electron chi connectivity index (χ2n) is 5.53. The summed E-state index contributed by atoms with van der Waals surface area (Å²) in [6, 6.07) is 0. The molecule has 12 heteroatoms. The van der Waals surface area contributed by atoms with Crippen LogP contribution in [0.2, 0.25) is 0 Å². The minimum atomic E-state index is -1.58. The molecule has 0 amide bonds. The number of aliphatic hydroxyl groups is 8. The standard InChI is InChI=1S/C12H22O10S.Na/c13-1-3-5(15)7(17)9(19)11(21-3)23-12-10(20)8(18)6(16)4(2-14)22-12;/h3-20H,1-2H2;/q;+1/t3-,4-,5-,6-,7+,8+,9-,10-,11?,12?;/m1./s1. The zero-order valence-corrected chi connectivity index (χ0v) is 15.8. The van der Waals surface area contributed by atoms with Gasteiger partial charge in [0.2, 0.25) is 0 Å². The van der Waals surface area contributed by atoms with Gasteiger partial charge in [0.15, 0.2) is 0 Å². The van der Waals surface area contributed by atoms with Crippen LogP contribution >= 0.6 is 11.8 Å². The summed E-state index contributed by atoms with van der Waals surface area (Å²) < 4.78 is 10.5. The largest absolute Gasteiger partial charge is 1.00 e. The molecule has 0 bridgehead atoms.